The minimum Gasteiger partial charge on any atom is -0.388 e. The summed E-state index contributed by atoms with van der Waals surface area (Å²) in [4.78, 5) is 10.6. The number of nitrogens with one attached hydrogen (secondary N) is 1. The van der Waals surface area contributed by atoms with E-state index in [0.717, 1.165) is 0 Å². The molecule has 0 radical (unpaired) electrons. The van der Waals surface area contributed by atoms with Crippen molar-refractivity contribution in [1.29, 1.82) is 0 Å². The Kier molecular flexibility index (Phi) is 4.00. The Balaban J connectivity index is 2.54. The summed E-state index contributed by atoms with van der Waals surface area (Å²) in [5.41, 5.74) is 0. The zero-order valence-corrected chi connectivity index (χ0v) is 8.20. The lowest BCUT2D eigenvalue weighted by atomic mass is 9.99. The van der Waals surface area contributed by atoms with Crippen molar-refractivity contribution in [2.75, 3.05) is 6.54 Å². The first-order valence-electron chi connectivity index (χ1n) is 4.55. The molecule has 1 aliphatic rings. The molecule has 1 rings (SSSR count). The highest BCUT2D eigenvalue weighted by Crippen LogP contribution is 2.19. The standard InChI is InChI=1S/C8H15NO6/c1-3(10)9-2-4-5(11)6(12)7(13)8(14)15-4/h4-8,11-14H,2H2,1H3,(H,9,10)/t4-,5-,6-,7+,8-/m0/s1. The van der Waals surface area contributed by atoms with Crippen molar-refractivity contribution in [2.24, 2.45) is 0 Å². The molecule has 0 aromatic rings. The van der Waals surface area contributed by atoms with E-state index >= 15 is 0 Å². The average Bonchev–Trinajstić information content (AvgIpc) is 2.18. The predicted octanol–water partition coefficient (Wildman–Crippen LogP) is -3.08. The normalized spacial score (nSPS) is 41.3. The molecule has 1 aliphatic heterocycles. The first-order valence-corrected chi connectivity index (χ1v) is 4.55. The maximum atomic E-state index is 10.6. The minimum absolute atomic E-state index is 0.0443. The van der Waals surface area contributed by atoms with Gasteiger partial charge in [-0.1, -0.05) is 0 Å². The summed E-state index contributed by atoms with van der Waals surface area (Å²) in [5, 5.41) is 39.4. The molecule has 1 heterocycles. The lowest BCUT2D eigenvalue weighted by molar-refractivity contribution is -0.280. The Labute approximate surface area is 86.3 Å². The van der Waals surface area contributed by atoms with Crippen molar-refractivity contribution in [1.82, 2.24) is 5.32 Å². The van der Waals surface area contributed by atoms with Crippen LogP contribution in [-0.2, 0) is 9.53 Å². The Hall–Kier alpha value is -0.730. The summed E-state index contributed by atoms with van der Waals surface area (Å²) in [7, 11) is 0. The van der Waals surface area contributed by atoms with E-state index in [1.807, 2.05) is 0 Å². The fraction of sp³-hybridized carbons (Fsp3) is 0.875. The molecule has 5 atom stereocenters. The third kappa shape index (κ3) is 2.86. The number of amides is 1. The number of ether oxygens (including phenoxy) is 1. The van der Waals surface area contributed by atoms with Gasteiger partial charge >= 0.3 is 0 Å². The quantitative estimate of drug-likeness (QED) is 0.337. The van der Waals surface area contributed by atoms with Gasteiger partial charge in [0.2, 0.25) is 5.91 Å². The fourth-order valence-corrected chi connectivity index (χ4v) is 1.34. The van der Waals surface area contributed by atoms with E-state index in [-0.39, 0.29) is 12.5 Å². The van der Waals surface area contributed by atoms with Crippen LogP contribution in [0.4, 0.5) is 0 Å². The molecular formula is C8H15NO6. The van der Waals surface area contributed by atoms with E-state index in [9.17, 15) is 15.0 Å². The van der Waals surface area contributed by atoms with Gasteiger partial charge in [-0.3, -0.25) is 4.79 Å². The van der Waals surface area contributed by atoms with Gasteiger partial charge in [-0.15, -0.1) is 0 Å². The summed E-state index contributed by atoms with van der Waals surface area (Å²) < 4.78 is 4.81. The van der Waals surface area contributed by atoms with Crippen LogP contribution >= 0.6 is 0 Å². The van der Waals surface area contributed by atoms with Crippen LogP contribution in [0.2, 0.25) is 0 Å². The highest BCUT2D eigenvalue weighted by Gasteiger charge is 2.42. The molecule has 0 aromatic carbocycles. The third-order valence-electron chi connectivity index (χ3n) is 2.24. The largest absolute Gasteiger partial charge is 0.388 e. The third-order valence-corrected chi connectivity index (χ3v) is 2.24. The minimum atomic E-state index is -1.57. The molecule has 1 amide bonds. The van der Waals surface area contributed by atoms with E-state index < -0.39 is 30.7 Å². The van der Waals surface area contributed by atoms with Gasteiger partial charge in [-0.2, -0.15) is 0 Å². The van der Waals surface area contributed by atoms with E-state index in [4.69, 9.17) is 14.9 Å². The molecule has 0 aliphatic carbocycles. The smallest absolute Gasteiger partial charge is 0.216 e. The Morgan fingerprint density at radius 2 is 1.80 bits per heavy atom. The van der Waals surface area contributed by atoms with Crippen LogP contribution in [0.3, 0.4) is 0 Å². The molecule has 0 bridgehead atoms. The van der Waals surface area contributed by atoms with Crippen molar-refractivity contribution < 1.29 is 30.0 Å². The van der Waals surface area contributed by atoms with E-state index in [1.165, 1.54) is 6.92 Å². The number of carbonyl (C=O) groups excluding carboxylic acids is 1. The summed E-state index contributed by atoms with van der Waals surface area (Å²) in [6.07, 6.45) is -6.90. The zero-order valence-electron chi connectivity index (χ0n) is 8.20. The molecule has 88 valence electrons. The molecule has 5 N–H and O–H groups in total. The lowest BCUT2D eigenvalue weighted by Gasteiger charge is -2.38. The maximum absolute atomic E-state index is 10.6. The van der Waals surface area contributed by atoms with Gasteiger partial charge in [0.05, 0.1) is 0 Å². The number of carbonyl (C=O) groups is 1. The van der Waals surface area contributed by atoms with Gasteiger partial charge < -0.3 is 30.5 Å². The van der Waals surface area contributed by atoms with Crippen molar-refractivity contribution in [3.8, 4) is 0 Å². The van der Waals surface area contributed by atoms with Crippen LogP contribution < -0.4 is 5.32 Å². The topological polar surface area (TPSA) is 119 Å². The van der Waals surface area contributed by atoms with Crippen LogP contribution in [0, 0.1) is 0 Å². The van der Waals surface area contributed by atoms with Crippen LogP contribution in [0.15, 0.2) is 0 Å². The fourth-order valence-electron chi connectivity index (χ4n) is 1.34. The van der Waals surface area contributed by atoms with Gasteiger partial charge in [0, 0.05) is 13.5 Å². The number of aliphatic hydroxyl groups is 4. The van der Waals surface area contributed by atoms with Crippen molar-refractivity contribution in [2.45, 2.75) is 37.6 Å². The second kappa shape index (κ2) is 4.86. The molecule has 1 saturated heterocycles. The van der Waals surface area contributed by atoms with Gasteiger partial charge in [-0.25, -0.2) is 0 Å². The van der Waals surface area contributed by atoms with Crippen LogP contribution in [-0.4, -0.2) is 63.6 Å². The van der Waals surface area contributed by atoms with Crippen LogP contribution in [0.25, 0.3) is 0 Å². The molecule has 0 aromatic heterocycles. The molecular weight excluding hydrogens is 206 g/mol. The Morgan fingerprint density at radius 3 is 2.33 bits per heavy atom. The second-order valence-electron chi connectivity index (χ2n) is 3.47. The molecule has 7 heteroatoms. The van der Waals surface area contributed by atoms with Gasteiger partial charge in [0.25, 0.3) is 0 Å². The van der Waals surface area contributed by atoms with E-state index in [1.54, 1.807) is 0 Å². The molecule has 0 spiro atoms. The monoisotopic (exact) mass is 221 g/mol. The van der Waals surface area contributed by atoms with E-state index in [2.05, 4.69) is 5.32 Å². The number of hydrogen-bond acceptors (Lipinski definition) is 6. The first kappa shape index (κ1) is 12.3. The molecule has 7 nitrogen and oxygen atoms in total. The first-order chi connectivity index (χ1) is 6.93. The zero-order chi connectivity index (χ0) is 11.6. The van der Waals surface area contributed by atoms with Gasteiger partial charge in [0.1, 0.15) is 24.4 Å². The highest BCUT2D eigenvalue weighted by atomic mass is 16.6. The van der Waals surface area contributed by atoms with Crippen LogP contribution in [0.1, 0.15) is 6.92 Å². The summed E-state index contributed by atoms with van der Waals surface area (Å²) >= 11 is 0. The number of rotatable bonds is 2. The average molecular weight is 221 g/mol. The molecule has 15 heavy (non-hydrogen) atoms. The van der Waals surface area contributed by atoms with Crippen LogP contribution in [0.5, 0.6) is 0 Å². The highest BCUT2D eigenvalue weighted by molar-refractivity contribution is 5.72. The summed E-state index contributed by atoms with van der Waals surface area (Å²) in [6.45, 7) is 1.24. The lowest BCUT2D eigenvalue weighted by Crippen LogP contribution is -2.59. The maximum Gasteiger partial charge on any atom is 0.216 e. The van der Waals surface area contributed by atoms with Gasteiger partial charge in [0.15, 0.2) is 6.29 Å². The molecule has 0 unspecified atom stereocenters. The Bertz CT molecular complexity index is 235. The van der Waals surface area contributed by atoms with E-state index in [0.29, 0.717) is 0 Å². The number of hydrogen-bond donors (Lipinski definition) is 5. The summed E-state index contributed by atoms with van der Waals surface area (Å²) in [5.74, 6) is -0.319. The predicted molar refractivity (Wildman–Crippen MR) is 47.6 cm³/mol. The second-order valence-corrected chi connectivity index (χ2v) is 3.47. The SMILES string of the molecule is CC(=O)NC[C@@H]1O[C@H](O)[C@H](O)[C@@H](O)[C@H]1O. The van der Waals surface area contributed by atoms with Crippen molar-refractivity contribution >= 4 is 5.91 Å². The molecule has 1 fully saturated rings. The molecule has 0 saturated carbocycles. The number of aliphatic hydroxyl groups excluding tert-OH is 4. The van der Waals surface area contributed by atoms with Crippen molar-refractivity contribution in [3.63, 3.8) is 0 Å². The van der Waals surface area contributed by atoms with Gasteiger partial charge in [-0.05, 0) is 0 Å². The van der Waals surface area contributed by atoms with Crippen molar-refractivity contribution in [3.05, 3.63) is 0 Å². The summed E-state index contributed by atoms with van der Waals surface area (Å²) in [6, 6.07) is 0. The Morgan fingerprint density at radius 1 is 1.20 bits per heavy atom.